The van der Waals surface area contributed by atoms with E-state index in [4.69, 9.17) is 5.73 Å². The van der Waals surface area contributed by atoms with Crippen LogP contribution in [-0.2, 0) is 25.6 Å². The molecule has 0 saturated heterocycles. The van der Waals surface area contributed by atoms with Crippen LogP contribution < -0.4 is 21.7 Å². The van der Waals surface area contributed by atoms with Gasteiger partial charge in [0.15, 0.2) is 0 Å². The molecule has 1 aromatic carbocycles. The average molecular weight is 495 g/mol. The fraction of sp³-hybridized carbons (Fsp3) is 0.583. The summed E-state index contributed by atoms with van der Waals surface area (Å²) in [5.74, 6) is -3.17. The van der Waals surface area contributed by atoms with Crippen LogP contribution in [0.1, 0.15) is 46.1 Å². The van der Waals surface area contributed by atoms with Crippen molar-refractivity contribution in [3.63, 3.8) is 0 Å². The minimum atomic E-state index is -1.43. The number of aromatic hydroxyl groups is 1. The van der Waals surface area contributed by atoms with Gasteiger partial charge in [-0.15, -0.1) is 0 Å². The first-order valence-electron chi connectivity index (χ1n) is 11.6. The lowest BCUT2D eigenvalue weighted by molar-refractivity contribution is -0.142. The standard InChI is InChI=1S/C24H38N4O7/c1-13(2)9-17(25)21(31)26-18(10-14(3)4)22(32)28-20(12-29)23(33)27-19(24(34)35)11-15-5-7-16(30)8-6-15/h5-8,13-14,17-20,29-30H,9-12,25H2,1-4H3,(H,26,31)(H,27,33)(H,28,32)(H,34,35). The number of phenols is 1. The Morgan fingerprint density at radius 1 is 0.800 bits per heavy atom. The van der Waals surface area contributed by atoms with Crippen molar-refractivity contribution >= 4 is 23.7 Å². The molecule has 196 valence electrons. The van der Waals surface area contributed by atoms with Crippen LogP contribution in [0.4, 0.5) is 0 Å². The molecule has 11 nitrogen and oxygen atoms in total. The van der Waals surface area contributed by atoms with Crippen molar-refractivity contribution in [3.05, 3.63) is 29.8 Å². The smallest absolute Gasteiger partial charge is 0.326 e. The minimum absolute atomic E-state index is 0.0147. The number of rotatable bonds is 14. The Labute approximate surface area is 205 Å². The van der Waals surface area contributed by atoms with Gasteiger partial charge < -0.3 is 37.0 Å². The molecule has 0 radical (unpaired) electrons. The monoisotopic (exact) mass is 494 g/mol. The van der Waals surface area contributed by atoms with Gasteiger partial charge in [0, 0.05) is 6.42 Å². The van der Waals surface area contributed by atoms with Gasteiger partial charge in [0.2, 0.25) is 17.7 Å². The number of aliphatic carboxylic acids is 1. The van der Waals surface area contributed by atoms with Gasteiger partial charge in [-0.1, -0.05) is 39.8 Å². The zero-order chi connectivity index (χ0) is 26.7. The number of aliphatic hydroxyl groups excluding tert-OH is 1. The number of nitrogens with two attached hydrogens (primary N) is 1. The Balaban J connectivity index is 2.87. The summed E-state index contributed by atoms with van der Waals surface area (Å²) in [5.41, 5.74) is 6.46. The SMILES string of the molecule is CC(C)CC(N)C(=O)NC(CC(C)C)C(=O)NC(CO)C(=O)NC(Cc1ccc(O)cc1)C(=O)O. The summed E-state index contributed by atoms with van der Waals surface area (Å²) in [6, 6.07) is 1.27. The summed E-state index contributed by atoms with van der Waals surface area (Å²) in [5, 5.41) is 35.9. The summed E-state index contributed by atoms with van der Waals surface area (Å²) in [4.78, 5) is 49.7. The highest BCUT2D eigenvalue weighted by molar-refractivity contribution is 5.94. The van der Waals surface area contributed by atoms with Crippen molar-refractivity contribution in [2.24, 2.45) is 17.6 Å². The van der Waals surface area contributed by atoms with Gasteiger partial charge in [-0.3, -0.25) is 14.4 Å². The van der Waals surface area contributed by atoms with Crippen LogP contribution in [0.25, 0.3) is 0 Å². The van der Waals surface area contributed by atoms with Crippen LogP contribution >= 0.6 is 0 Å². The topological polar surface area (TPSA) is 191 Å². The maximum atomic E-state index is 12.9. The summed E-state index contributed by atoms with van der Waals surface area (Å²) >= 11 is 0. The maximum Gasteiger partial charge on any atom is 0.326 e. The Morgan fingerprint density at radius 3 is 1.77 bits per heavy atom. The first kappa shape index (κ1) is 29.9. The third kappa shape index (κ3) is 10.7. The lowest BCUT2D eigenvalue weighted by Crippen LogP contribution is -2.58. The number of benzene rings is 1. The van der Waals surface area contributed by atoms with Gasteiger partial charge in [0.05, 0.1) is 12.6 Å². The van der Waals surface area contributed by atoms with Crippen LogP contribution in [0.15, 0.2) is 24.3 Å². The molecular formula is C24H38N4O7. The van der Waals surface area contributed by atoms with Gasteiger partial charge >= 0.3 is 5.97 Å². The second-order valence-electron chi connectivity index (χ2n) is 9.44. The molecule has 0 aromatic heterocycles. The Bertz CT molecular complexity index is 858. The first-order chi connectivity index (χ1) is 16.3. The summed E-state index contributed by atoms with van der Waals surface area (Å²) in [6.45, 7) is 6.78. The maximum absolute atomic E-state index is 12.9. The molecule has 35 heavy (non-hydrogen) atoms. The van der Waals surface area contributed by atoms with Crippen molar-refractivity contribution in [2.75, 3.05) is 6.61 Å². The summed E-state index contributed by atoms with van der Waals surface area (Å²) < 4.78 is 0. The van der Waals surface area contributed by atoms with Gasteiger partial charge in [0.25, 0.3) is 0 Å². The van der Waals surface area contributed by atoms with Crippen LogP contribution in [0.5, 0.6) is 5.75 Å². The molecular weight excluding hydrogens is 456 g/mol. The number of hydrogen-bond donors (Lipinski definition) is 7. The van der Waals surface area contributed by atoms with Gasteiger partial charge in [-0.2, -0.15) is 0 Å². The van der Waals surface area contributed by atoms with Crippen molar-refractivity contribution in [1.29, 1.82) is 0 Å². The predicted molar refractivity (Wildman–Crippen MR) is 129 cm³/mol. The lowest BCUT2D eigenvalue weighted by Gasteiger charge is -2.25. The van der Waals surface area contributed by atoms with E-state index >= 15 is 0 Å². The van der Waals surface area contributed by atoms with Gasteiger partial charge in [-0.05, 0) is 42.4 Å². The summed E-state index contributed by atoms with van der Waals surface area (Å²) in [6.07, 6.45) is 0.624. The zero-order valence-corrected chi connectivity index (χ0v) is 20.7. The number of carboxylic acid groups (broad SMARTS) is 1. The second-order valence-corrected chi connectivity index (χ2v) is 9.44. The number of phenolic OH excluding ortho intramolecular Hbond substituents is 1. The highest BCUT2D eigenvalue weighted by Crippen LogP contribution is 2.12. The molecule has 11 heteroatoms. The number of aliphatic hydroxyl groups is 1. The van der Waals surface area contributed by atoms with Gasteiger partial charge in [-0.25, -0.2) is 4.79 Å². The van der Waals surface area contributed by atoms with E-state index in [0.29, 0.717) is 12.0 Å². The number of carboxylic acids is 1. The van der Waals surface area contributed by atoms with E-state index in [1.807, 2.05) is 27.7 Å². The molecule has 0 fully saturated rings. The number of carbonyl (C=O) groups excluding carboxylic acids is 3. The Kier molecular flexibility index (Phi) is 12.2. The van der Waals surface area contributed by atoms with Crippen LogP contribution in [-0.4, -0.2) is 69.8 Å². The molecule has 4 atom stereocenters. The second kappa shape index (κ2) is 14.3. The highest BCUT2D eigenvalue weighted by atomic mass is 16.4. The van der Waals surface area contributed by atoms with Gasteiger partial charge in [0.1, 0.15) is 23.9 Å². The molecule has 3 amide bonds. The van der Waals surface area contributed by atoms with E-state index < -0.39 is 54.5 Å². The average Bonchev–Trinajstić information content (AvgIpc) is 2.76. The largest absolute Gasteiger partial charge is 0.508 e. The first-order valence-corrected chi connectivity index (χ1v) is 11.6. The molecule has 0 aliphatic carbocycles. The molecule has 0 spiro atoms. The highest BCUT2D eigenvalue weighted by Gasteiger charge is 2.30. The van der Waals surface area contributed by atoms with Crippen molar-refractivity contribution in [2.45, 2.75) is 71.1 Å². The normalized spacial score (nSPS) is 14.6. The molecule has 0 aliphatic rings. The van der Waals surface area contributed by atoms with E-state index in [9.17, 15) is 34.5 Å². The molecule has 1 aromatic rings. The number of carbonyl (C=O) groups is 4. The molecule has 0 saturated carbocycles. The minimum Gasteiger partial charge on any atom is -0.508 e. The fourth-order valence-corrected chi connectivity index (χ4v) is 3.40. The number of hydrogen-bond acceptors (Lipinski definition) is 7. The zero-order valence-electron chi connectivity index (χ0n) is 20.7. The van der Waals surface area contributed by atoms with Crippen molar-refractivity contribution in [3.8, 4) is 5.75 Å². The van der Waals surface area contributed by atoms with Crippen molar-refractivity contribution < 1.29 is 34.5 Å². The van der Waals surface area contributed by atoms with E-state index in [1.165, 1.54) is 24.3 Å². The predicted octanol–water partition coefficient (Wildman–Crippen LogP) is -0.114. The van der Waals surface area contributed by atoms with Crippen LogP contribution in [0.3, 0.4) is 0 Å². The molecule has 0 aliphatic heterocycles. The quantitative estimate of drug-likeness (QED) is 0.186. The lowest BCUT2D eigenvalue weighted by atomic mass is 10.0. The van der Waals surface area contributed by atoms with E-state index in [1.54, 1.807) is 0 Å². The van der Waals surface area contributed by atoms with E-state index in [2.05, 4.69) is 16.0 Å². The third-order valence-electron chi connectivity index (χ3n) is 5.21. The molecule has 0 heterocycles. The van der Waals surface area contributed by atoms with Crippen LogP contribution in [0, 0.1) is 11.8 Å². The fourth-order valence-electron chi connectivity index (χ4n) is 3.40. The molecule has 0 bridgehead atoms. The summed E-state index contributed by atoms with van der Waals surface area (Å²) in [7, 11) is 0. The number of nitrogens with one attached hydrogen (secondary N) is 3. The number of amides is 3. The molecule has 8 N–H and O–H groups in total. The third-order valence-corrected chi connectivity index (χ3v) is 5.21. The van der Waals surface area contributed by atoms with E-state index in [-0.39, 0.29) is 30.4 Å². The molecule has 4 unspecified atom stereocenters. The van der Waals surface area contributed by atoms with E-state index in [0.717, 1.165) is 0 Å². The van der Waals surface area contributed by atoms with Crippen LogP contribution in [0.2, 0.25) is 0 Å². The van der Waals surface area contributed by atoms with Crippen molar-refractivity contribution in [1.82, 2.24) is 16.0 Å². The Hall–Kier alpha value is -3.18. The molecule has 1 rings (SSSR count). The Morgan fingerprint density at radius 2 is 1.29 bits per heavy atom.